The first-order chi connectivity index (χ1) is 8.49. The van der Waals surface area contributed by atoms with E-state index in [1.807, 2.05) is 4.90 Å². The number of nitrogens with zero attached hydrogens (tertiary/aromatic N) is 1. The Morgan fingerprint density at radius 1 is 1.50 bits per heavy atom. The summed E-state index contributed by atoms with van der Waals surface area (Å²) in [7, 11) is 0. The van der Waals surface area contributed by atoms with E-state index in [4.69, 9.17) is 11.6 Å². The van der Waals surface area contributed by atoms with E-state index in [-0.39, 0.29) is 11.7 Å². The van der Waals surface area contributed by atoms with Crippen molar-refractivity contribution in [2.75, 3.05) is 6.54 Å². The number of amides is 1. The lowest BCUT2D eigenvalue weighted by Crippen LogP contribution is -2.36. The molecular weight excluding hydrogens is 250 g/mol. The summed E-state index contributed by atoms with van der Waals surface area (Å²) in [5.41, 5.74) is 0.393. The minimum atomic E-state index is -0.0768. The van der Waals surface area contributed by atoms with Gasteiger partial charge in [0, 0.05) is 12.6 Å². The third-order valence-corrected chi connectivity index (χ3v) is 3.32. The number of carbonyl (C=O) groups is 1. The summed E-state index contributed by atoms with van der Waals surface area (Å²) in [5.74, 6) is 0.417. The second kappa shape index (κ2) is 5.19. The second-order valence-corrected chi connectivity index (χ2v) is 5.65. The molecule has 0 aliphatic heterocycles. The fraction of sp³-hybridized carbons (Fsp3) is 0.500. The van der Waals surface area contributed by atoms with Crippen LogP contribution < -0.4 is 0 Å². The standard InChI is InChI=1S/C14H18ClNO2/c1-9(2)8-16(10-3-4-10)14(18)12-7-11(17)5-6-13(12)15/h5-7,9-10,17H,3-4,8H2,1-2H3. The highest BCUT2D eigenvalue weighted by molar-refractivity contribution is 6.33. The predicted octanol–water partition coefficient (Wildman–Crippen LogP) is 3.31. The molecule has 18 heavy (non-hydrogen) atoms. The van der Waals surface area contributed by atoms with Gasteiger partial charge in [-0.2, -0.15) is 0 Å². The average molecular weight is 268 g/mol. The molecule has 98 valence electrons. The van der Waals surface area contributed by atoms with E-state index in [1.54, 1.807) is 6.07 Å². The second-order valence-electron chi connectivity index (χ2n) is 5.25. The van der Waals surface area contributed by atoms with Gasteiger partial charge in [0.05, 0.1) is 10.6 Å². The minimum absolute atomic E-state index is 0.0723. The Kier molecular flexibility index (Phi) is 3.81. The summed E-state index contributed by atoms with van der Waals surface area (Å²) in [4.78, 5) is 14.3. The van der Waals surface area contributed by atoms with Crippen LogP contribution in [0.25, 0.3) is 0 Å². The molecule has 3 nitrogen and oxygen atoms in total. The molecule has 0 spiro atoms. The molecule has 2 rings (SSSR count). The van der Waals surface area contributed by atoms with Gasteiger partial charge >= 0.3 is 0 Å². The Balaban J connectivity index is 2.24. The van der Waals surface area contributed by atoms with Gasteiger partial charge in [-0.05, 0) is 37.0 Å². The maximum Gasteiger partial charge on any atom is 0.255 e. The maximum absolute atomic E-state index is 12.5. The lowest BCUT2D eigenvalue weighted by atomic mass is 10.1. The number of carbonyl (C=O) groups excluding carboxylic acids is 1. The number of hydrogen-bond acceptors (Lipinski definition) is 2. The van der Waals surface area contributed by atoms with Crippen LogP contribution in [0.3, 0.4) is 0 Å². The van der Waals surface area contributed by atoms with Crippen molar-refractivity contribution in [2.45, 2.75) is 32.7 Å². The topological polar surface area (TPSA) is 40.5 Å². The Bertz CT molecular complexity index is 455. The van der Waals surface area contributed by atoms with Gasteiger partial charge < -0.3 is 10.0 Å². The van der Waals surface area contributed by atoms with Crippen molar-refractivity contribution in [3.05, 3.63) is 28.8 Å². The zero-order valence-corrected chi connectivity index (χ0v) is 11.4. The number of phenolic OH excluding ortho intramolecular Hbond substituents is 1. The zero-order valence-electron chi connectivity index (χ0n) is 10.7. The van der Waals surface area contributed by atoms with E-state index >= 15 is 0 Å². The van der Waals surface area contributed by atoms with Crippen molar-refractivity contribution in [3.8, 4) is 5.75 Å². The van der Waals surface area contributed by atoms with Crippen molar-refractivity contribution in [3.63, 3.8) is 0 Å². The summed E-state index contributed by atoms with van der Waals surface area (Å²) in [6.45, 7) is 4.91. The fourth-order valence-electron chi connectivity index (χ4n) is 2.01. The Morgan fingerprint density at radius 3 is 2.72 bits per heavy atom. The normalized spacial score (nSPS) is 14.9. The molecule has 1 N–H and O–H groups in total. The molecule has 4 heteroatoms. The van der Waals surface area contributed by atoms with Crippen LogP contribution in [-0.2, 0) is 0 Å². The first kappa shape index (κ1) is 13.2. The molecule has 0 saturated heterocycles. The molecule has 1 amide bonds. The van der Waals surface area contributed by atoms with E-state index in [0.29, 0.717) is 22.5 Å². The summed E-state index contributed by atoms with van der Waals surface area (Å²) < 4.78 is 0. The molecule has 1 aromatic rings. The van der Waals surface area contributed by atoms with Gasteiger partial charge in [0.1, 0.15) is 5.75 Å². The number of benzene rings is 1. The summed E-state index contributed by atoms with van der Waals surface area (Å²) in [6, 6.07) is 4.84. The van der Waals surface area contributed by atoms with Crippen molar-refractivity contribution in [1.29, 1.82) is 0 Å². The smallest absolute Gasteiger partial charge is 0.255 e. The van der Waals surface area contributed by atoms with Crippen LogP contribution in [0.15, 0.2) is 18.2 Å². The van der Waals surface area contributed by atoms with Crippen molar-refractivity contribution in [2.24, 2.45) is 5.92 Å². The molecule has 0 radical (unpaired) electrons. The van der Waals surface area contributed by atoms with E-state index < -0.39 is 0 Å². The van der Waals surface area contributed by atoms with Crippen molar-refractivity contribution >= 4 is 17.5 Å². The third-order valence-electron chi connectivity index (χ3n) is 2.99. The molecule has 0 aromatic heterocycles. The van der Waals surface area contributed by atoms with Gasteiger partial charge in [-0.15, -0.1) is 0 Å². The van der Waals surface area contributed by atoms with Gasteiger partial charge in [0.15, 0.2) is 0 Å². The Hall–Kier alpha value is -1.22. The minimum Gasteiger partial charge on any atom is -0.508 e. The zero-order chi connectivity index (χ0) is 13.3. The fourth-order valence-corrected chi connectivity index (χ4v) is 2.21. The van der Waals surface area contributed by atoms with E-state index in [2.05, 4.69) is 13.8 Å². The summed E-state index contributed by atoms with van der Waals surface area (Å²) >= 11 is 6.04. The highest BCUT2D eigenvalue weighted by Crippen LogP contribution is 2.31. The molecule has 0 unspecified atom stereocenters. The number of hydrogen-bond donors (Lipinski definition) is 1. The van der Waals surface area contributed by atoms with Crippen molar-refractivity contribution < 1.29 is 9.90 Å². The number of phenols is 1. The van der Waals surface area contributed by atoms with Crippen LogP contribution in [0.2, 0.25) is 5.02 Å². The van der Waals surface area contributed by atoms with Crippen LogP contribution in [0.5, 0.6) is 5.75 Å². The van der Waals surface area contributed by atoms with Gasteiger partial charge in [0.25, 0.3) is 5.91 Å². The first-order valence-corrected chi connectivity index (χ1v) is 6.66. The van der Waals surface area contributed by atoms with Crippen LogP contribution in [0, 0.1) is 5.92 Å². The largest absolute Gasteiger partial charge is 0.508 e. The summed E-state index contributed by atoms with van der Waals surface area (Å²) in [5, 5.41) is 9.87. The lowest BCUT2D eigenvalue weighted by Gasteiger charge is -2.25. The molecule has 1 saturated carbocycles. The molecule has 1 fully saturated rings. The van der Waals surface area contributed by atoms with E-state index in [9.17, 15) is 9.90 Å². The summed E-state index contributed by atoms with van der Waals surface area (Å²) in [6.07, 6.45) is 2.13. The molecule has 0 heterocycles. The monoisotopic (exact) mass is 267 g/mol. The van der Waals surface area contributed by atoms with Crippen LogP contribution in [-0.4, -0.2) is 28.5 Å². The van der Waals surface area contributed by atoms with Crippen LogP contribution in [0.1, 0.15) is 37.0 Å². The molecular formula is C14H18ClNO2. The number of halogens is 1. The quantitative estimate of drug-likeness (QED) is 0.909. The van der Waals surface area contributed by atoms with Gasteiger partial charge in [-0.3, -0.25) is 4.79 Å². The van der Waals surface area contributed by atoms with Gasteiger partial charge in [0.2, 0.25) is 0 Å². The average Bonchev–Trinajstić information content (AvgIpc) is 3.12. The van der Waals surface area contributed by atoms with E-state index in [1.165, 1.54) is 12.1 Å². The lowest BCUT2D eigenvalue weighted by molar-refractivity contribution is 0.0722. The number of rotatable bonds is 4. The molecule has 0 atom stereocenters. The van der Waals surface area contributed by atoms with Gasteiger partial charge in [-0.25, -0.2) is 0 Å². The molecule has 1 aliphatic rings. The number of aromatic hydroxyl groups is 1. The van der Waals surface area contributed by atoms with E-state index in [0.717, 1.165) is 19.4 Å². The maximum atomic E-state index is 12.5. The van der Waals surface area contributed by atoms with Crippen LogP contribution in [0.4, 0.5) is 0 Å². The Labute approximate surface area is 112 Å². The first-order valence-electron chi connectivity index (χ1n) is 6.28. The van der Waals surface area contributed by atoms with Gasteiger partial charge in [-0.1, -0.05) is 25.4 Å². The molecule has 0 bridgehead atoms. The highest BCUT2D eigenvalue weighted by Gasteiger charge is 2.34. The third kappa shape index (κ3) is 2.96. The Morgan fingerprint density at radius 2 is 2.17 bits per heavy atom. The SMILES string of the molecule is CC(C)CN(C(=O)c1cc(O)ccc1Cl)C1CC1. The predicted molar refractivity (Wildman–Crippen MR) is 72.0 cm³/mol. The molecule has 1 aromatic carbocycles. The van der Waals surface area contributed by atoms with Crippen LogP contribution >= 0.6 is 11.6 Å². The van der Waals surface area contributed by atoms with Crippen molar-refractivity contribution in [1.82, 2.24) is 4.90 Å². The highest BCUT2D eigenvalue weighted by atomic mass is 35.5. The molecule has 1 aliphatic carbocycles.